The lowest BCUT2D eigenvalue weighted by molar-refractivity contribution is 0.0676. The van der Waals surface area contributed by atoms with Gasteiger partial charge in [-0.2, -0.15) is 11.3 Å². The monoisotopic (exact) mass is 572 g/mol. The number of guanidine groups is 1. The zero-order valence-electron chi connectivity index (χ0n) is 19.5. The molecule has 2 heterocycles. The van der Waals surface area contributed by atoms with Gasteiger partial charge in [0.25, 0.3) is 0 Å². The zero-order valence-corrected chi connectivity index (χ0v) is 22.7. The van der Waals surface area contributed by atoms with Crippen LogP contribution in [0.1, 0.15) is 43.9 Å². The minimum absolute atomic E-state index is 0. The van der Waals surface area contributed by atoms with E-state index < -0.39 is 5.60 Å². The van der Waals surface area contributed by atoms with Crippen LogP contribution in [0, 0.1) is 5.92 Å². The van der Waals surface area contributed by atoms with Gasteiger partial charge in [-0.25, -0.2) is 4.99 Å². The van der Waals surface area contributed by atoms with Gasteiger partial charge in [-0.05, 0) is 86.3 Å². The highest BCUT2D eigenvalue weighted by atomic mass is 127. The topological polar surface area (TPSA) is 69.1 Å². The van der Waals surface area contributed by atoms with Gasteiger partial charge in [-0.1, -0.05) is 12.1 Å². The lowest BCUT2D eigenvalue weighted by atomic mass is 9.85. The van der Waals surface area contributed by atoms with E-state index in [9.17, 15) is 5.11 Å². The number of methoxy groups -OCH3 is 1. The van der Waals surface area contributed by atoms with E-state index in [-0.39, 0.29) is 24.0 Å². The number of halogens is 1. The first kappa shape index (κ1) is 26.9. The van der Waals surface area contributed by atoms with Crippen molar-refractivity contribution in [3.8, 4) is 5.75 Å². The Hall–Kier alpha value is -1.36. The molecule has 0 spiro atoms. The molecule has 3 rings (SSSR count). The Labute approximate surface area is 213 Å². The van der Waals surface area contributed by atoms with Crippen LogP contribution in [0.2, 0.25) is 0 Å². The number of benzene rings is 1. The van der Waals surface area contributed by atoms with Gasteiger partial charge in [0.15, 0.2) is 5.96 Å². The van der Waals surface area contributed by atoms with Gasteiger partial charge < -0.3 is 20.5 Å². The molecule has 0 saturated carbocycles. The first-order valence-electron chi connectivity index (χ1n) is 11.1. The summed E-state index contributed by atoms with van der Waals surface area (Å²) in [6.07, 6.45) is 2.36. The van der Waals surface area contributed by atoms with E-state index in [1.165, 1.54) is 18.4 Å². The second kappa shape index (κ2) is 12.8. The first-order chi connectivity index (χ1) is 14.9. The van der Waals surface area contributed by atoms with Crippen molar-refractivity contribution in [1.82, 2.24) is 15.5 Å². The van der Waals surface area contributed by atoms with Crippen molar-refractivity contribution in [2.24, 2.45) is 10.9 Å². The number of aliphatic imine (C=N–C) groups is 1. The Morgan fingerprint density at radius 2 is 2.03 bits per heavy atom. The summed E-state index contributed by atoms with van der Waals surface area (Å²) in [6, 6.07) is 10.7. The highest BCUT2D eigenvalue weighted by molar-refractivity contribution is 14.0. The summed E-state index contributed by atoms with van der Waals surface area (Å²) in [5.74, 6) is 2.10. The number of likely N-dealkylation sites (tertiary alicyclic amines) is 1. The maximum atomic E-state index is 10.8. The molecule has 178 valence electrons. The molecule has 1 fully saturated rings. The molecule has 3 unspecified atom stereocenters. The van der Waals surface area contributed by atoms with Crippen LogP contribution >= 0.6 is 35.3 Å². The van der Waals surface area contributed by atoms with Crippen LogP contribution in [0.5, 0.6) is 5.75 Å². The van der Waals surface area contributed by atoms with Crippen LogP contribution in [0.4, 0.5) is 0 Å². The van der Waals surface area contributed by atoms with Crippen LogP contribution in [0.15, 0.2) is 46.1 Å². The number of thiophene rings is 1. The maximum absolute atomic E-state index is 10.8. The van der Waals surface area contributed by atoms with E-state index in [0.29, 0.717) is 18.5 Å². The fourth-order valence-corrected chi connectivity index (χ4v) is 5.05. The number of ether oxygens (including phenoxy) is 1. The Bertz CT molecular complexity index is 827. The number of hydrogen-bond donors (Lipinski definition) is 3. The second-order valence-electron chi connectivity index (χ2n) is 8.46. The summed E-state index contributed by atoms with van der Waals surface area (Å²) in [6.45, 7) is 6.89. The number of nitrogens with zero attached hydrogens (tertiary/aromatic N) is 2. The third-order valence-electron chi connectivity index (χ3n) is 6.03. The molecule has 1 aromatic heterocycles. The Kier molecular flexibility index (Phi) is 10.7. The Morgan fingerprint density at radius 3 is 2.66 bits per heavy atom. The average molecular weight is 573 g/mol. The quantitative estimate of drug-likeness (QED) is 0.251. The third kappa shape index (κ3) is 7.07. The van der Waals surface area contributed by atoms with E-state index >= 15 is 0 Å². The fraction of sp³-hybridized carbons (Fsp3) is 0.542. The summed E-state index contributed by atoms with van der Waals surface area (Å²) in [7, 11) is 3.91. The molecule has 0 bridgehead atoms. The van der Waals surface area contributed by atoms with E-state index in [1.807, 2.05) is 35.9 Å². The summed E-state index contributed by atoms with van der Waals surface area (Å²) >= 11 is 1.59. The van der Waals surface area contributed by atoms with E-state index in [0.717, 1.165) is 36.9 Å². The van der Waals surface area contributed by atoms with Crippen LogP contribution in [-0.4, -0.2) is 56.3 Å². The molecule has 1 saturated heterocycles. The molecule has 6 nitrogen and oxygen atoms in total. The average Bonchev–Trinajstić information content (AvgIpc) is 3.32. The lowest BCUT2D eigenvalue weighted by Crippen LogP contribution is -2.45. The lowest BCUT2D eigenvalue weighted by Gasteiger charge is -2.40. The van der Waals surface area contributed by atoms with Crippen molar-refractivity contribution in [3.05, 3.63) is 52.2 Å². The van der Waals surface area contributed by atoms with Crippen molar-refractivity contribution < 1.29 is 9.84 Å². The molecule has 1 aromatic carbocycles. The summed E-state index contributed by atoms with van der Waals surface area (Å²) in [5.41, 5.74) is 1.25. The number of piperidine rings is 1. The molecule has 32 heavy (non-hydrogen) atoms. The molecule has 1 aliphatic heterocycles. The van der Waals surface area contributed by atoms with Crippen LogP contribution in [0.3, 0.4) is 0 Å². The smallest absolute Gasteiger partial charge is 0.191 e. The van der Waals surface area contributed by atoms with Gasteiger partial charge in [-0.15, -0.1) is 24.0 Å². The molecule has 1 aliphatic rings. The highest BCUT2D eigenvalue weighted by Crippen LogP contribution is 2.35. The van der Waals surface area contributed by atoms with Gasteiger partial charge in [-0.3, -0.25) is 4.90 Å². The SMILES string of the molecule is CCNC(=NCC(C)(O)c1ccsc1)NCC1CCCN(C)C1c1ccc(OC)cc1.I. The van der Waals surface area contributed by atoms with Crippen molar-refractivity contribution in [2.45, 2.75) is 38.3 Å². The Morgan fingerprint density at radius 1 is 1.28 bits per heavy atom. The molecular formula is C24H37IN4O2S. The van der Waals surface area contributed by atoms with Crippen LogP contribution in [-0.2, 0) is 5.60 Å². The molecule has 0 amide bonds. The first-order valence-corrected chi connectivity index (χ1v) is 12.0. The minimum Gasteiger partial charge on any atom is -0.497 e. The van der Waals surface area contributed by atoms with Gasteiger partial charge in [0.05, 0.1) is 13.7 Å². The predicted molar refractivity (Wildman–Crippen MR) is 144 cm³/mol. The van der Waals surface area contributed by atoms with E-state index in [2.05, 4.69) is 46.6 Å². The number of rotatable bonds is 8. The standard InChI is InChI=1S/C24H36N4O2S.HI/c1-5-25-23(27-17-24(2,29)20-12-14-31-16-20)26-15-19-7-6-13-28(3)22(19)18-8-10-21(30-4)11-9-18;/h8-12,14,16,19,22,29H,5-7,13,15,17H2,1-4H3,(H2,25,26,27);1H. The molecule has 0 radical (unpaired) electrons. The second-order valence-corrected chi connectivity index (χ2v) is 9.24. The van der Waals surface area contributed by atoms with Gasteiger partial charge in [0, 0.05) is 19.1 Å². The van der Waals surface area contributed by atoms with Crippen LogP contribution < -0.4 is 15.4 Å². The Balaban J connectivity index is 0.00000363. The van der Waals surface area contributed by atoms with Gasteiger partial charge in [0.1, 0.15) is 11.4 Å². The molecule has 8 heteroatoms. The number of nitrogens with one attached hydrogen (secondary N) is 2. The van der Waals surface area contributed by atoms with Crippen molar-refractivity contribution in [1.29, 1.82) is 0 Å². The van der Waals surface area contributed by atoms with Gasteiger partial charge in [0.2, 0.25) is 0 Å². The highest BCUT2D eigenvalue weighted by Gasteiger charge is 2.30. The summed E-state index contributed by atoms with van der Waals surface area (Å²) < 4.78 is 5.33. The molecule has 0 aliphatic carbocycles. The zero-order chi connectivity index (χ0) is 22.3. The van der Waals surface area contributed by atoms with Gasteiger partial charge >= 0.3 is 0 Å². The van der Waals surface area contributed by atoms with Crippen molar-refractivity contribution >= 4 is 41.3 Å². The minimum atomic E-state index is -0.973. The summed E-state index contributed by atoms with van der Waals surface area (Å²) in [4.78, 5) is 7.13. The van der Waals surface area contributed by atoms with Crippen molar-refractivity contribution in [3.63, 3.8) is 0 Å². The van der Waals surface area contributed by atoms with E-state index in [1.54, 1.807) is 18.4 Å². The third-order valence-corrected chi connectivity index (χ3v) is 6.71. The molecule has 3 N–H and O–H groups in total. The predicted octanol–water partition coefficient (Wildman–Crippen LogP) is 4.22. The largest absolute Gasteiger partial charge is 0.497 e. The van der Waals surface area contributed by atoms with Crippen LogP contribution in [0.25, 0.3) is 0 Å². The molecule has 2 aromatic rings. The molecule has 3 atom stereocenters. The number of aliphatic hydroxyl groups is 1. The number of hydrogen-bond acceptors (Lipinski definition) is 5. The normalized spacial score (nSPS) is 21.3. The maximum Gasteiger partial charge on any atom is 0.191 e. The van der Waals surface area contributed by atoms with E-state index in [4.69, 9.17) is 4.74 Å². The summed E-state index contributed by atoms with van der Waals surface area (Å²) in [5, 5.41) is 21.6. The fourth-order valence-electron chi connectivity index (χ4n) is 4.27. The molecular weight excluding hydrogens is 535 g/mol. The van der Waals surface area contributed by atoms with Crippen molar-refractivity contribution in [2.75, 3.05) is 40.3 Å².